The van der Waals surface area contributed by atoms with E-state index in [0.29, 0.717) is 6.04 Å². The Morgan fingerprint density at radius 3 is 2.50 bits per heavy atom. The number of aryl methyl sites for hydroxylation is 1. The van der Waals surface area contributed by atoms with Crippen LogP contribution in [-0.4, -0.2) is 22.9 Å². The second kappa shape index (κ2) is 3.61. The monoisotopic (exact) mass is 194 g/mol. The number of hydrogen-bond donors (Lipinski definition) is 2. The van der Waals surface area contributed by atoms with Gasteiger partial charge >= 0.3 is 0 Å². The van der Waals surface area contributed by atoms with Crippen LogP contribution in [0.15, 0.2) is 0 Å². The molecular formula is C10H18N4. The average molecular weight is 194 g/mol. The van der Waals surface area contributed by atoms with Crippen molar-refractivity contribution < 1.29 is 0 Å². The number of rotatable bonds is 1. The van der Waals surface area contributed by atoms with Crippen LogP contribution in [0.4, 0.5) is 5.69 Å². The molecule has 0 unspecified atom stereocenters. The molecular weight excluding hydrogens is 176 g/mol. The Labute approximate surface area is 84.5 Å². The molecule has 14 heavy (non-hydrogen) atoms. The Balaban J connectivity index is 2.26. The Morgan fingerprint density at radius 1 is 1.36 bits per heavy atom. The number of nitrogens with one attached hydrogen (secondary N) is 1. The molecule has 0 bridgehead atoms. The molecule has 3 N–H and O–H groups in total. The number of nitrogen functional groups attached to an aromatic ring is 1. The summed E-state index contributed by atoms with van der Waals surface area (Å²) < 4.78 is 2.10. The van der Waals surface area contributed by atoms with Crippen LogP contribution in [0.25, 0.3) is 0 Å². The van der Waals surface area contributed by atoms with Crippen molar-refractivity contribution in [2.75, 3.05) is 18.8 Å². The van der Waals surface area contributed by atoms with Gasteiger partial charge in [-0.25, -0.2) is 0 Å². The summed E-state index contributed by atoms with van der Waals surface area (Å²) in [6.45, 7) is 6.20. The van der Waals surface area contributed by atoms with Crippen molar-refractivity contribution in [1.29, 1.82) is 0 Å². The third-order valence-corrected chi connectivity index (χ3v) is 3.04. The summed E-state index contributed by atoms with van der Waals surface area (Å²) >= 11 is 0. The van der Waals surface area contributed by atoms with Gasteiger partial charge in [-0.2, -0.15) is 5.10 Å². The summed E-state index contributed by atoms with van der Waals surface area (Å²) in [5.74, 6) is 0. The van der Waals surface area contributed by atoms with Crippen LogP contribution >= 0.6 is 0 Å². The maximum absolute atomic E-state index is 5.91. The van der Waals surface area contributed by atoms with Crippen LogP contribution in [0, 0.1) is 13.8 Å². The molecule has 4 heteroatoms. The number of piperidine rings is 1. The highest BCUT2D eigenvalue weighted by Gasteiger charge is 2.19. The van der Waals surface area contributed by atoms with Gasteiger partial charge in [0.15, 0.2) is 0 Å². The lowest BCUT2D eigenvalue weighted by Crippen LogP contribution is -2.30. The van der Waals surface area contributed by atoms with Crippen LogP contribution in [0.5, 0.6) is 0 Å². The van der Waals surface area contributed by atoms with Gasteiger partial charge in [0.1, 0.15) is 0 Å². The van der Waals surface area contributed by atoms with E-state index in [1.807, 2.05) is 6.92 Å². The van der Waals surface area contributed by atoms with E-state index < -0.39 is 0 Å². The zero-order chi connectivity index (χ0) is 10.1. The molecule has 2 heterocycles. The SMILES string of the molecule is Cc1nn(C2CCNCC2)c(C)c1N. The van der Waals surface area contributed by atoms with Crippen LogP contribution < -0.4 is 11.1 Å². The Bertz CT molecular complexity index is 323. The predicted molar refractivity (Wildman–Crippen MR) is 57.3 cm³/mol. The molecule has 1 aliphatic rings. The molecule has 0 atom stereocenters. The maximum Gasteiger partial charge on any atom is 0.0826 e. The topological polar surface area (TPSA) is 55.9 Å². The quantitative estimate of drug-likeness (QED) is 0.701. The fourth-order valence-corrected chi connectivity index (χ4v) is 2.08. The zero-order valence-electron chi connectivity index (χ0n) is 8.88. The second-order valence-electron chi connectivity index (χ2n) is 4.01. The summed E-state index contributed by atoms with van der Waals surface area (Å²) in [4.78, 5) is 0. The molecule has 0 radical (unpaired) electrons. The normalized spacial score (nSPS) is 18.7. The molecule has 0 aromatic carbocycles. The Morgan fingerprint density at radius 2 is 2.00 bits per heavy atom. The van der Waals surface area contributed by atoms with Crippen LogP contribution in [-0.2, 0) is 0 Å². The lowest BCUT2D eigenvalue weighted by molar-refractivity contribution is 0.337. The average Bonchev–Trinajstić information content (AvgIpc) is 2.47. The van der Waals surface area contributed by atoms with Crippen molar-refractivity contribution in [3.8, 4) is 0 Å². The molecule has 0 spiro atoms. The van der Waals surface area contributed by atoms with E-state index >= 15 is 0 Å². The largest absolute Gasteiger partial charge is 0.396 e. The minimum absolute atomic E-state index is 0.534. The highest BCUT2D eigenvalue weighted by atomic mass is 15.3. The van der Waals surface area contributed by atoms with Gasteiger partial charge in [-0.05, 0) is 39.8 Å². The first kappa shape index (κ1) is 9.52. The first-order chi connectivity index (χ1) is 6.70. The van der Waals surface area contributed by atoms with Gasteiger partial charge in [-0.15, -0.1) is 0 Å². The molecule has 0 aliphatic carbocycles. The Kier molecular flexibility index (Phi) is 2.46. The van der Waals surface area contributed by atoms with E-state index in [1.165, 1.54) is 0 Å². The lowest BCUT2D eigenvalue weighted by Gasteiger charge is -2.24. The molecule has 0 saturated carbocycles. The minimum atomic E-state index is 0.534. The third kappa shape index (κ3) is 1.50. The van der Waals surface area contributed by atoms with E-state index in [1.54, 1.807) is 0 Å². The third-order valence-electron chi connectivity index (χ3n) is 3.04. The number of nitrogens with two attached hydrogens (primary N) is 1. The van der Waals surface area contributed by atoms with E-state index in [9.17, 15) is 0 Å². The molecule has 4 nitrogen and oxygen atoms in total. The zero-order valence-corrected chi connectivity index (χ0v) is 8.88. The summed E-state index contributed by atoms with van der Waals surface area (Å²) in [5.41, 5.74) is 8.84. The number of hydrogen-bond acceptors (Lipinski definition) is 3. The minimum Gasteiger partial charge on any atom is -0.396 e. The fraction of sp³-hybridized carbons (Fsp3) is 0.700. The van der Waals surface area contributed by atoms with Crippen molar-refractivity contribution in [3.63, 3.8) is 0 Å². The van der Waals surface area contributed by atoms with Crippen molar-refractivity contribution in [1.82, 2.24) is 15.1 Å². The smallest absolute Gasteiger partial charge is 0.0826 e. The maximum atomic E-state index is 5.91. The van der Waals surface area contributed by atoms with E-state index in [0.717, 1.165) is 43.0 Å². The number of anilines is 1. The highest BCUT2D eigenvalue weighted by Crippen LogP contribution is 2.24. The van der Waals surface area contributed by atoms with Crippen molar-refractivity contribution in [2.45, 2.75) is 32.7 Å². The van der Waals surface area contributed by atoms with Crippen molar-refractivity contribution in [2.24, 2.45) is 0 Å². The Hall–Kier alpha value is -1.03. The van der Waals surface area contributed by atoms with Crippen LogP contribution in [0.2, 0.25) is 0 Å². The van der Waals surface area contributed by atoms with Gasteiger partial charge in [-0.1, -0.05) is 0 Å². The van der Waals surface area contributed by atoms with Gasteiger partial charge in [-0.3, -0.25) is 4.68 Å². The number of nitrogens with zero attached hydrogens (tertiary/aromatic N) is 2. The standard InChI is InChI=1S/C10H18N4/c1-7-10(11)8(2)14(13-7)9-3-5-12-6-4-9/h9,12H,3-6,11H2,1-2H3. The highest BCUT2D eigenvalue weighted by molar-refractivity contribution is 5.47. The molecule has 1 aliphatic heterocycles. The summed E-state index contributed by atoms with van der Waals surface area (Å²) in [6, 6.07) is 0.534. The molecule has 0 amide bonds. The first-order valence-electron chi connectivity index (χ1n) is 5.22. The van der Waals surface area contributed by atoms with Gasteiger partial charge in [0.2, 0.25) is 0 Å². The van der Waals surface area contributed by atoms with Crippen molar-refractivity contribution >= 4 is 5.69 Å². The number of aromatic nitrogens is 2. The van der Waals surface area contributed by atoms with Gasteiger partial charge < -0.3 is 11.1 Å². The molecule has 1 saturated heterocycles. The lowest BCUT2D eigenvalue weighted by atomic mass is 10.1. The van der Waals surface area contributed by atoms with Gasteiger partial charge in [0, 0.05) is 0 Å². The molecule has 1 aromatic heterocycles. The molecule has 1 aromatic rings. The molecule has 1 fully saturated rings. The van der Waals surface area contributed by atoms with Crippen LogP contribution in [0.1, 0.15) is 30.3 Å². The first-order valence-corrected chi connectivity index (χ1v) is 5.22. The van der Waals surface area contributed by atoms with Gasteiger partial charge in [0.05, 0.1) is 23.1 Å². The molecule has 78 valence electrons. The fourth-order valence-electron chi connectivity index (χ4n) is 2.08. The molecule has 2 rings (SSSR count). The van der Waals surface area contributed by atoms with Gasteiger partial charge in [0.25, 0.3) is 0 Å². The second-order valence-corrected chi connectivity index (χ2v) is 4.01. The van der Waals surface area contributed by atoms with E-state index in [4.69, 9.17) is 5.73 Å². The summed E-state index contributed by atoms with van der Waals surface area (Å²) in [6.07, 6.45) is 2.31. The van der Waals surface area contributed by atoms with E-state index in [-0.39, 0.29) is 0 Å². The summed E-state index contributed by atoms with van der Waals surface area (Å²) in [5, 5.41) is 7.85. The summed E-state index contributed by atoms with van der Waals surface area (Å²) in [7, 11) is 0. The predicted octanol–water partition coefficient (Wildman–Crippen LogP) is 1.01. The van der Waals surface area contributed by atoms with Crippen molar-refractivity contribution in [3.05, 3.63) is 11.4 Å². The van der Waals surface area contributed by atoms with E-state index in [2.05, 4.69) is 22.0 Å². The van der Waals surface area contributed by atoms with Crippen LogP contribution in [0.3, 0.4) is 0 Å².